The van der Waals surface area contributed by atoms with E-state index in [1.165, 1.54) is 22.9 Å². The van der Waals surface area contributed by atoms with Crippen molar-refractivity contribution in [2.75, 3.05) is 13.1 Å². The predicted molar refractivity (Wildman–Crippen MR) is 95.2 cm³/mol. The molecule has 1 atom stereocenters. The molecule has 1 unspecified atom stereocenters. The van der Waals surface area contributed by atoms with Crippen molar-refractivity contribution in [2.45, 2.75) is 18.2 Å². The monoisotopic (exact) mass is 361 g/mol. The average Bonchev–Trinajstić information content (AvgIpc) is 2.94. The molecule has 1 fully saturated rings. The fourth-order valence-corrected chi connectivity index (χ4v) is 3.66. The molecule has 1 aromatic rings. The van der Waals surface area contributed by atoms with Gasteiger partial charge in [-0.3, -0.25) is 9.69 Å². The Morgan fingerprint density at radius 1 is 1.16 bits per heavy atom. The van der Waals surface area contributed by atoms with Gasteiger partial charge >= 0.3 is 11.9 Å². The van der Waals surface area contributed by atoms with Gasteiger partial charge in [0.25, 0.3) is 0 Å². The van der Waals surface area contributed by atoms with Crippen molar-refractivity contribution in [3.63, 3.8) is 0 Å². The number of likely N-dealkylation sites (tertiary alicyclic amines) is 1. The number of hydrogen-bond donors (Lipinski definition) is 2. The fraction of sp³-hybridized carbons (Fsp3) is 0.278. The van der Waals surface area contributed by atoms with Gasteiger partial charge in [-0.1, -0.05) is 42.1 Å². The van der Waals surface area contributed by atoms with E-state index in [4.69, 9.17) is 10.2 Å². The highest BCUT2D eigenvalue weighted by Crippen LogP contribution is 2.34. The second-order valence-electron chi connectivity index (χ2n) is 5.64. The molecule has 1 aromatic carbocycles. The molecule has 2 heterocycles. The number of hydrogen-bond acceptors (Lipinski definition) is 5. The summed E-state index contributed by atoms with van der Waals surface area (Å²) in [7, 11) is 0. The van der Waals surface area contributed by atoms with Crippen LogP contribution in [0, 0.1) is 0 Å². The molecule has 0 bridgehead atoms. The number of nitrogens with zero attached hydrogens (tertiary/aromatic N) is 1. The number of piperidine rings is 1. The molecule has 25 heavy (non-hydrogen) atoms. The van der Waals surface area contributed by atoms with E-state index in [1.54, 1.807) is 0 Å². The Hall–Kier alpha value is -2.38. The maximum Gasteiger partial charge on any atom is 0.328 e. The summed E-state index contributed by atoms with van der Waals surface area (Å²) in [5.74, 6) is -2.51. The zero-order chi connectivity index (χ0) is 18.2. The number of carbonyl (C=O) groups is 3. The molecule has 132 valence electrons. The quantitative estimate of drug-likeness (QED) is 0.794. The summed E-state index contributed by atoms with van der Waals surface area (Å²) >= 11 is 1.50. The second kappa shape index (κ2) is 9.19. The molecule has 2 aliphatic rings. The molecule has 6 nitrogen and oxygen atoms in total. The summed E-state index contributed by atoms with van der Waals surface area (Å²) < 4.78 is 0. The van der Waals surface area contributed by atoms with E-state index in [1.807, 2.05) is 12.1 Å². The number of fused-ring (bicyclic) bond motifs is 1. The zero-order valence-corrected chi connectivity index (χ0v) is 14.3. The van der Waals surface area contributed by atoms with Crippen LogP contribution in [0.15, 0.2) is 54.1 Å². The summed E-state index contributed by atoms with van der Waals surface area (Å²) in [4.78, 5) is 32.9. The van der Waals surface area contributed by atoms with Gasteiger partial charge in [0.2, 0.25) is 5.12 Å². The molecule has 0 spiro atoms. The molecule has 0 saturated carbocycles. The lowest BCUT2D eigenvalue weighted by molar-refractivity contribution is -0.134. The van der Waals surface area contributed by atoms with Gasteiger partial charge < -0.3 is 10.2 Å². The van der Waals surface area contributed by atoms with Crippen molar-refractivity contribution in [1.29, 1.82) is 0 Å². The number of carboxylic acid groups (broad SMARTS) is 2. The molecule has 0 radical (unpaired) electrons. The van der Waals surface area contributed by atoms with E-state index in [0.717, 1.165) is 26.1 Å². The van der Waals surface area contributed by atoms with Crippen LogP contribution in [0.25, 0.3) is 0 Å². The molecule has 7 heteroatoms. The zero-order valence-electron chi connectivity index (χ0n) is 13.5. The van der Waals surface area contributed by atoms with Crippen molar-refractivity contribution in [3.05, 3.63) is 59.7 Å². The Bertz CT molecular complexity index is 683. The number of benzene rings is 1. The number of rotatable bonds is 4. The minimum absolute atomic E-state index is 0.242. The fourth-order valence-electron chi connectivity index (χ4n) is 2.64. The maximum atomic E-state index is 11.3. The number of carboxylic acids is 2. The van der Waals surface area contributed by atoms with Crippen LogP contribution in [0.1, 0.15) is 12.0 Å². The SMILES string of the molecule is O=C(O)/C=C\C(=O)O.O=C1C=C2CN(Cc3ccccc3)CCC2S1. The van der Waals surface area contributed by atoms with Crippen molar-refractivity contribution < 1.29 is 24.6 Å². The van der Waals surface area contributed by atoms with Gasteiger partial charge in [-0.15, -0.1) is 0 Å². The van der Waals surface area contributed by atoms with E-state index < -0.39 is 11.9 Å². The number of thioether (sulfide) groups is 1. The Labute approximate surface area is 149 Å². The summed E-state index contributed by atoms with van der Waals surface area (Å²) in [5.41, 5.74) is 2.67. The third kappa shape index (κ3) is 6.56. The highest BCUT2D eigenvalue weighted by Gasteiger charge is 2.30. The smallest absolute Gasteiger partial charge is 0.328 e. The maximum absolute atomic E-state index is 11.3. The topological polar surface area (TPSA) is 94.9 Å². The molecular formula is C18H19NO5S. The van der Waals surface area contributed by atoms with Gasteiger partial charge in [0.05, 0.1) is 0 Å². The molecule has 2 aliphatic heterocycles. The van der Waals surface area contributed by atoms with Gasteiger partial charge in [0.1, 0.15) is 0 Å². The second-order valence-corrected chi connectivity index (χ2v) is 6.85. The van der Waals surface area contributed by atoms with E-state index >= 15 is 0 Å². The molecule has 2 N–H and O–H groups in total. The van der Waals surface area contributed by atoms with E-state index in [2.05, 4.69) is 29.2 Å². The summed E-state index contributed by atoms with van der Waals surface area (Å²) in [6.45, 7) is 3.04. The Morgan fingerprint density at radius 3 is 2.40 bits per heavy atom. The molecule has 0 aliphatic carbocycles. The van der Waals surface area contributed by atoms with Crippen LogP contribution in [0.4, 0.5) is 0 Å². The Balaban J connectivity index is 0.000000242. The van der Waals surface area contributed by atoms with Gasteiger partial charge in [-0.25, -0.2) is 9.59 Å². The first-order valence-electron chi connectivity index (χ1n) is 7.75. The molecule has 0 amide bonds. The minimum Gasteiger partial charge on any atom is -0.478 e. The Morgan fingerprint density at radius 2 is 1.80 bits per heavy atom. The van der Waals surface area contributed by atoms with E-state index in [-0.39, 0.29) is 5.12 Å². The normalized spacial score (nSPS) is 19.8. The molecular weight excluding hydrogens is 342 g/mol. The van der Waals surface area contributed by atoms with Gasteiger partial charge in [-0.2, -0.15) is 0 Å². The summed E-state index contributed by atoms with van der Waals surface area (Å²) in [6.07, 6.45) is 4.06. The first-order chi connectivity index (χ1) is 11.9. The molecule has 3 rings (SSSR count). The first kappa shape index (κ1) is 19.0. The van der Waals surface area contributed by atoms with Gasteiger partial charge in [-0.05, 0) is 23.6 Å². The van der Waals surface area contributed by atoms with E-state index in [0.29, 0.717) is 17.4 Å². The molecule has 0 aromatic heterocycles. The standard InChI is InChI=1S/C14H15NOS.C4H4O4/c16-14-8-12-10-15(7-6-13(12)17-14)9-11-4-2-1-3-5-11;5-3(6)1-2-4(7)8/h1-5,8,13H,6-7,9-10H2;1-2H,(H,5,6)(H,7,8)/b;2-1-. The van der Waals surface area contributed by atoms with Gasteiger partial charge in [0, 0.05) is 37.0 Å². The van der Waals surface area contributed by atoms with Gasteiger partial charge in [0.15, 0.2) is 0 Å². The van der Waals surface area contributed by atoms with Crippen LogP contribution < -0.4 is 0 Å². The van der Waals surface area contributed by atoms with Crippen LogP contribution in [0.3, 0.4) is 0 Å². The Kier molecular flexibility index (Phi) is 6.97. The van der Waals surface area contributed by atoms with Crippen molar-refractivity contribution in [3.8, 4) is 0 Å². The summed E-state index contributed by atoms with van der Waals surface area (Å²) in [6, 6.07) is 10.5. The third-order valence-corrected chi connectivity index (χ3v) is 4.88. The largest absolute Gasteiger partial charge is 0.478 e. The van der Waals surface area contributed by atoms with Crippen molar-refractivity contribution >= 4 is 28.8 Å². The third-order valence-electron chi connectivity index (χ3n) is 3.71. The number of carbonyl (C=O) groups excluding carboxylic acids is 1. The summed E-state index contributed by atoms with van der Waals surface area (Å²) in [5, 5.41) is 16.3. The van der Waals surface area contributed by atoms with Crippen LogP contribution in [0.2, 0.25) is 0 Å². The van der Waals surface area contributed by atoms with Crippen LogP contribution >= 0.6 is 11.8 Å². The van der Waals surface area contributed by atoms with Crippen molar-refractivity contribution in [2.24, 2.45) is 0 Å². The highest BCUT2D eigenvalue weighted by atomic mass is 32.2. The number of aliphatic carboxylic acids is 2. The molecule has 1 saturated heterocycles. The average molecular weight is 361 g/mol. The highest BCUT2D eigenvalue weighted by molar-refractivity contribution is 8.15. The van der Waals surface area contributed by atoms with Crippen LogP contribution in [-0.2, 0) is 20.9 Å². The predicted octanol–water partition coefficient (Wildman–Crippen LogP) is 2.17. The van der Waals surface area contributed by atoms with E-state index in [9.17, 15) is 14.4 Å². The lowest BCUT2D eigenvalue weighted by Crippen LogP contribution is -2.35. The lowest BCUT2D eigenvalue weighted by atomic mass is 10.0. The first-order valence-corrected chi connectivity index (χ1v) is 8.63. The lowest BCUT2D eigenvalue weighted by Gasteiger charge is -2.31. The van der Waals surface area contributed by atoms with Crippen LogP contribution in [0.5, 0.6) is 0 Å². The van der Waals surface area contributed by atoms with Crippen LogP contribution in [-0.4, -0.2) is 50.5 Å². The van der Waals surface area contributed by atoms with Crippen molar-refractivity contribution in [1.82, 2.24) is 4.90 Å². The minimum atomic E-state index is -1.26.